The van der Waals surface area contributed by atoms with Crippen LogP contribution < -0.4 is 11.1 Å². The minimum Gasteiger partial charge on any atom is -0.398 e. The monoisotopic (exact) mass is 255 g/mol. The second kappa shape index (κ2) is 4.35. The molecule has 2 amide bonds. The fraction of sp³-hybridized carbons (Fsp3) is 0.214. The molecule has 0 aliphatic carbocycles. The summed E-state index contributed by atoms with van der Waals surface area (Å²) in [7, 11) is 0. The van der Waals surface area contributed by atoms with Crippen LogP contribution in [0, 0.1) is 0 Å². The third kappa shape index (κ3) is 1.93. The summed E-state index contributed by atoms with van der Waals surface area (Å²) in [5.74, 6) is -0.808. The van der Waals surface area contributed by atoms with Gasteiger partial charge in [0.2, 0.25) is 11.8 Å². The molecule has 96 valence electrons. The molecule has 5 heteroatoms. The summed E-state index contributed by atoms with van der Waals surface area (Å²) >= 11 is 0. The molecule has 0 radical (unpaired) electrons. The van der Waals surface area contributed by atoms with Gasteiger partial charge in [0.15, 0.2) is 0 Å². The van der Waals surface area contributed by atoms with Crippen LogP contribution in [0.1, 0.15) is 24.3 Å². The van der Waals surface area contributed by atoms with Gasteiger partial charge >= 0.3 is 0 Å². The number of para-hydroxylation sites is 1. The first-order valence-corrected chi connectivity index (χ1v) is 6.13. The first kappa shape index (κ1) is 11.6. The number of nitrogens with one attached hydrogen (secondary N) is 1. The van der Waals surface area contributed by atoms with Gasteiger partial charge in [0.1, 0.15) is 0 Å². The molecule has 2 aromatic rings. The molecular weight excluding hydrogens is 242 g/mol. The first-order valence-electron chi connectivity index (χ1n) is 6.13. The summed E-state index contributed by atoms with van der Waals surface area (Å²) in [6.45, 7) is 0. The molecule has 1 aliphatic rings. The van der Waals surface area contributed by atoms with Crippen LogP contribution in [0.4, 0.5) is 5.69 Å². The third-order valence-corrected chi connectivity index (χ3v) is 3.45. The molecule has 3 rings (SSSR count). The Morgan fingerprint density at radius 1 is 1.26 bits per heavy atom. The fourth-order valence-corrected chi connectivity index (χ4v) is 2.49. The lowest BCUT2D eigenvalue weighted by Crippen LogP contribution is -2.39. The van der Waals surface area contributed by atoms with Gasteiger partial charge in [-0.2, -0.15) is 0 Å². The van der Waals surface area contributed by atoms with Crippen molar-refractivity contribution >= 4 is 28.4 Å². The van der Waals surface area contributed by atoms with Crippen molar-refractivity contribution in [2.24, 2.45) is 0 Å². The van der Waals surface area contributed by atoms with E-state index in [1.54, 1.807) is 12.3 Å². The number of amides is 2. The second-order valence-corrected chi connectivity index (χ2v) is 4.65. The number of carbonyl (C=O) groups excluding carboxylic acids is 2. The quantitative estimate of drug-likeness (QED) is 0.753. The number of nitrogen functional groups attached to an aromatic ring is 1. The van der Waals surface area contributed by atoms with Crippen LogP contribution in [-0.4, -0.2) is 16.8 Å². The highest BCUT2D eigenvalue weighted by molar-refractivity contribution is 6.03. The number of carbonyl (C=O) groups is 2. The van der Waals surface area contributed by atoms with Gasteiger partial charge in [0, 0.05) is 23.7 Å². The fourth-order valence-electron chi connectivity index (χ4n) is 2.49. The van der Waals surface area contributed by atoms with Crippen molar-refractivity contribution in [2.45, 2.75) is 18.8 Å². The van der Waals surface area contributed by atoms with Gasteiger partial charge in [-0.15, -0.1) is 0 Å². The molecule has 0 spiro atoms. The summed E-state index contributed by atoms with van der Waals surface area (Å²) in [6, 6.07) is 7.35. The molecule has 1 aromatic carbocycles. The maximum atomic E-state index is 11.9. The molecular formula is C14H13N3O2. The lowest BCUT2D eigenvalue weighted by Gasteiger charge is -2.22. The Bertz CT molecular complexity index is 681. The summed E-state index contributed by atoms with van der Waals surface area (Å²) in [4.78, 5) is 27.5. The van der Waals surface area contributed by atoms with Crippen LogP contribution in [0.15, 0.2) is 30.5 Å². The molecule has 1 atom stereocenters. The number of imide groups is 1. The van der Waals surface area contributed by atoms with E-state index in [4.69, 9.17) is 5.73 Å². The molecule has 1 unspecified atom stereocenters. The van der Waals surface area contributed by atoms with Crippen molar-refractivity contribution in [1.82, 2.24) is 10.3 Å². The summed E-state index contributed by atoms with van der Waals surface area (Å²) in [6.07, 6.45) is 2.50. The van der Waals surface area contributed by atoms with Crippen molar-refractivity contribution in [3.05, 3.63) is 36.0 Å². The standard InChI is InChI=1S/C14H13N3O2/c15-11-6-7-16-13-8(2-1-3-10(11)13)9-4-5-12(18)17-14(9)19/h1-3,6-7,9H,4-5H2,(H2,15,16)(H,17,18,19). The predicted molar refractivity (Wildman–Crippen MR) is 71.3 cm³/mol. The average Bonchev–Trinajstić information content (AvgIpc) is 2.39. The van der Waals surface area contributed by atoms with Gasteiger partial charge in [0.05, 0.1) is 11.4 Å². The number of rotatable bonds is 1. The SMILES string of the molecule is Nc1ccnc2c(C3CCC(=O)NC3=O)cccc12. The van der Waals surface area contributed by atoms with Gasteiger partial charge in [-0.25, -0.2) is 0 Å². The normalized spacial score (nSPS) is 19.5. The maximum absolute atomic E-state index is 11.9. The van der Waals surface area contributed by atoms with E-state index in [1.165, 1.54) is 0 Å². The van der Waals surface area contributed by atoms with E-state index in [9.17, 15) is 9.59 Å². The summed E-state index contributed by atoms with van der Waals surface area (Å²) in [5, 5.41) is 3.21. The Balaban J connectivity index is 2.13. The number of nitrogens with zero attached hydrogens (tertiary/aromatic N) is 1. The number of fused-ring (bicyclic) bond motifs is 1. The smallest absolute Gasteiger partial charge is 0.234 e. The number of nitrogens with two attached hydrogens (primary N) is 1. The van der Waals surface area contributed by atoms with Crippen LogP contribution in [0.2, 0.25) is 0 Å². The number of anilines is 1. The number of aromatic nitrogens is 1. The van der Waals surface area contributed by atoms with Gasteiger partial charge in [-0.05, 0) is 18.1 Å². The van der Waals surface area contributed by atoms with E-state index in [0.29, 0.717) is 18.5 Å². The molecule has 0 saturated carbocycles. The molecule has 1 saturated heterocycles. The minimum atomic E-state index is -0.337. The predicted octanol–water partition coefficient (Wildman–Crippen LogP) is 1.34. The number of benzene rings is 1. The van der Waals surface area contributed by atoms with Crippen molar-refractivity contribution in [3.63, 3.8) is 0 Å². The Kier molecular flexibility index (Phi) is 2.67. The highest BCUT2D eigenvalue weighted by atomic mass is 16.2. The number of hydrogen-bond donors (Lipinski definition) is 2. The minimum absolute atomic E-state index is 0.214. The van der Waals surface area contributed by atoms with Crippen molar-refractivity contribution < 1.29 is 9.59 Å². The number of piperidine rings is 1. The van der Waals surface area contributed by atoms with Gasteiger partial charge in [-0.3, -0.25) is 19.9 Å². The van der Waals surface area contributed by atoms with E-state index in [0.717, 1.165) is 16.5 Å². The van der Waals surface area contributed by atoms with E-state index in [-0.39, 0.29) is 17.7 Å². The topological polar surface area (TPSA) is 85.1 Å². The van der Waals surface area contributed by atoms with Crippen LogP contribution in [0.25, 0.3) is 10.9 Å². The van der Waals surface area contributed by atoms with E-state index < -0.39 is 0 Å². The van der Waals surface area contributed by atoms with E-state index in [1.807, 2.05) is 18.2 Å². The lowest BCUT2D eigenvalue weighted by molar-refractivity contribution is -0.134. The zero-order chi connectivity index (χ0) is 13.4. The van der Waals surface area contributed by atoms with Gasteiger partial charge < -0.3 is 5.73 Å². The maximum Gasteiger partial charge on any atom is 0.234 e. The highest BCUT2D eigenvalue weighted by Gasteiger charge is 2.29. The molecule has 0 bridgehead atoms. The van der Waals surface area contributed by atoms with Crippen LogP contribution in [-0.2, 0) is 9.59 Å². The first-order chi connectivity index (χ1) is 9.16. The van der Waals surface area contributed by atoms with E-state index >= 15 is 0 Å². The molecule has 1 fully saturated rings. The van der Waals surface area contributed by atoms with Crippen molar-refractivity contribution in [3.8, 4) is 0 Å². The van der Waals surface area contributed by atoms with Crippen LogP contribution in [0.5, 0.6) is 0 Å². The molecule has 3 N–H and O–H groups in total. The molecule has 5 nitrogen and oxygen atoms in total. The summed E-state index contributed by atoms with van der Waals surface area (Å²) in [5.41, 5.74) is 8.12. The summed E-state index contributed by atoms with van der Waals surface area (Å²) < 4.78 is 0. The second-order valence-electron chi connectivity index (χ2n) is 4.65. The molecule has 19 heavy (non-hydrogen) atoms. The van der Waals surface area contributed by atoms with Gasteiger partial charge in [0.25, 0.3) is 0 Å². The zero-order valence-corrected chi connectivity index (χ0v) is 10.2. The average molecular weight is 255 g/mol. The Morgan fingerprint density at radius 2 is 2.11 bits per heavy atom. The third-order valence-electron chi connectivity index (χ3n) is 3.45. The Morgan fingerprint density at radius 3 is 2.89 bits per heavy atom. The lowest BCUT2D eigenvalue weighted by atomic mass is 9.89. The highest BCUT2D eigenvalue weighted by Crippen LogP contribution is 2.31. The van der Waals surface area contributed by atoms with Crippen LogP contribution >= 0.6 is 0 Å². The molecule has 1 aromatic heterocycles. The Labute approximate surface area is 109 Å². The Hall–Kier alpha value is -2.43. The number of pyridine rings is 1. The molecule has 1 aliphatic heterocycles. The van der Waals surface area contributed by atoms with Crippen molar-refractivity contribution in [2.75, 3.05) is 5.73 Å². The zero-order valence-electron chi connectivity index (χ0n) is 10.2. The van der Waals surface area contributed by atoms with Crippen molar-refractivity contribution in [1.29, 1.82) is 0 Å². The largest absolute Gasteiger partial charge is 0.398 e. The van der Waals surface area contributed by atoms with Gasteiger partial charge in [-0.1, -0.05) is 18.2 Å². The number of hydrogen-bond acceptors (Lipinski definition) is 4. The molecule has 2 heterocycles. The van der Waals surface area contributed by atoms with E-state index in [2.05, 4.69) is 10.3 Å². The van der Waals surface area contributed by atoms with Crippen LogP contribution in [0.3, 0.4) is 0 Å².